The zero-order valence-electron chi connectivity index (χ0n) is 18.8. The van der Waals surface area contributed by atoms with Crippen LogP contribution in [0.15, 0.2) is 104 Å². The van der Waals surface area contributed by atoms with Crippen LogP contribution in [0.3, 0.4) is 0 Å². The molecule has 0 spiro atoms. The van der Waals surface area contributed by atoms with E-state index in [2.05, 4.69) is 37.8 Å². The van der Waals surface area contributed by atoms with Gasteiger partial charge in [-0.2, -0.15) is 0 Å². The summed E-state index contributed by atoms with van der Waals surface area (Å²) < 4.78 is 12.3. The second-order valence-corrected chi connectivity index (χ2v) is 8.19. The van der Waals surface area contributed by atoms with Crippen LogP contribution in [0, 0.1) is 11.8 Å². The third-order valence-electron chi connectivity index (χ3n) is 5.94. The Morgan fingerprint density at radius 2 is 1.34 bits per heavy atom. The third kappa shape index (κ3) is 7.16. The van der Waals surface area contributed by atoms with Gasteiger partial charge in [0, 0.05) is 12.5 Å². The molecule has 0 heterocycles. The van der Waals surface area contributed by atoms with Gasteiger partial charge in [0.05, 0.1) is 25.4 Å². The van der Waals surface area contributed by atoms with E-state index in [9.17, 15) is 5.11 Å². The molecule has 0 aliphatic rings. The molecule has 32 heavy (non-hydrogen) atoms. The highest BCUT2D eigenvalue weighted by Crippen LogP contribution is 2.33. The van der Waals surface area contributed by atoms with Gasteiger partial charge in [-0.15, -0.1) is 6.58 Å². The van der Waals surface area contributed by atoms with Gasteiger partial charge >= 0.3 is 0 Å². The lowest BCUT2D eigenvalue weighted by atomic mass is 9.81. The summed E-state index contributed by atoms with van der Waals surface area (Å²) >= 11 is 0. The van der Waals surface area contributed by atoms with E-state index in [1.54, 1.807) is 0 Å². The highest BCUT2D eigenvalue weighted by Gasteiger charge is 2.30. The number of rotatable bonds is 13. The fourth-order valence-corrected chi connectivity index (χ4v) is 3.99. The van der Waals surface area contributed by atoms with Gasteiger partial charge in [0.1, 0.15) is 0 Å². The fraction of sp³-hybridized carbons (Fsp3) is 0.310. The molecule has 3 aromatic carbocycles. The van der Waals surface area contributed by atoms with Crippen molar-refractivity contribution in [2.24, 2.45) is 11.8 Å². The van der Waals surface area contributed by atoms with Gasteiger partial charge in [0.2, 0.25) is 0 Å². The molecule has 0 aliphatic heterocycles. The van der Waals surface area contributed by atoms with Gasteiger partial charge in [-0.3, -0.25) is 0 Å². The number of hydrogen-bond acceptors (Lipinski definition) is 3. The molecule has 0 bridgehead atoms. The monoisotopic (exact) mass is 430 g/mol. The van der Waals surface area contributed by atoms with E-state index in [1.807, 2.05) is 72.8 Å². The molecule has 3 nitrogen and oxygen atoms in total. The Morgan fingerprint density at radius 1 is 0.812 bits per heavy atom. The average molecular weight is 431 g/mol. The highest BCUT2D eigenvalue weighted by molar-refractivity contribution is 5.20. The molecule has 3 heteroatoms. The Hall–Kier alpha value is -2.72. The van der Waals surface area contributed by atoms with Crippen molar-refractivity contribution in [3.63, 3.8) is 0 Å². The second-order valence-electron chi connectivity index (χ2n) is 8.19. The lowest BCUT2D eigenvalue weighted by molar-refractivity contribution is -0.0455. The van der Waals surface area contributed by atoms with Crippen LogP contribution in [0.25, 0.3) is 0 Å². The maximum atomic E-state index is 11.0. The Morgan fingerprint density at radius 3 is 1.91 bits per heavy atom. The SMILES string of the molecule is C=C[C@@H]([C@H](C)[C@H](CCOCc1ccccc1)OCc1ccccc1)[C@@H](O)c1ccccc1. The average Bonchev–Trinajstić information content (AvgIpc) is 2.85. The first-order valence-electron chi connectivity index (χ1n) is 11.3. The molecule has 0 aliphatic carbocycles. The minimum absolute atomic E-state index is 0.0618. The fourth-order valence-electron chi connectivity index (χ4n) is 3.99. The van der Waals surface area contributed by atoms with Crippen molar-refractivity contribution in [1.29, 1.82) is 0 Å². The molecule has 0 saturated carbocycles. The van der Waals surface area contributed by atoms with Gasteiger partial charge in [-0.25, -0.2) is 0 Å². The summed E-state index contributed by atoms with van der Waals surface area (Å²) in [5.74, 6) is -0.0703. The first kappa shape index (κ1) is 23.9. The van der Waals surface area contributed by atoms with Crippen molar-refractivity contribution in [2.75, 3.05) is 6.61 Å². The van der Waals surface area contributed by atoms with E-state index in [4.69, 9.17) is 9.47 Å². The molecule has 3 rings (SSSR count). The van der Waals surface area contributed by atoms with Crippen molar-refractivity contribution in [1.82, 2.24) is 0 Å². The van der Waals surface area contributed by atoms with Gasteiger partial charge in [-0.05, 0) is 29.0 Å². The molecule has 0 aromatic heterocycles. The summed E-state index contributed by atoms with van der Waals surface area (Å²) in [5.41, 5.74) is 3.19. The third-order valence-corrected chi connectivity index (χ3v) is 5.94. The summed E-state index contributed by atoms with van der Waals surface area (Å²) in [5, 5.41) is 11.0. The molecule has 0 fully saturated rings. The quantitative estimate of drug-likeness (QED) is 0.254. The summed E-state index contributed by atoms with van der Waals surface area (Å²) in [4.78, 5) is 0. The molecule has 4 atom stereocenters. The predicted molar refractivity (Wildman–Crippen MR) is 130 cm³/mol. The van der Waals surface area contributed by atoms with Crippen molar-refractivity contribution >= 4 is 0 Å². The van der Waals surface area contributed by atoms with Crippen molar-refractivity contribution < 1.29 is 14.6 Å². The largest absolute Gasteiger partial charge is 0.388 e. The number of benzene rings is 3. The van der Waals surface area contributed by atoms with Crippen molar-refractivity contribution in [3.05, 3.63) is 120 Å². The van der Waals surface area contributed by atoms with E-state index >= 15 is 0 Å². The van der Waals surface area contributed by atoms with Crippen LogP contribution in [0.5, 0.6) is 0 Å². The minimum atomic E-state index is -0.628. The van der Waals surface area contributed by atoms with Crippen LogP contribution in [-0.4, -0.2) is 17.8 Å². The van der Waals surface area contributed by atoms with Crippen LogP contribution < -0.4 is 0 Å². The lowest BCUT2D eigenvalue weighted by Crippen LogP contribution is -2.32. The maximum Gasteiger partial charge on any atom is 0.0856 e. The molecule has 0 saturated heterocycles. The lowest BCUT2D eigenvalue weighted by Gasteiger charge is -2.32. The summed E-state index contributed by atoms with van der Waals surface area (Å²) in [6.45, 7) is 7.85. The summed E-state index contributed by atoms with van der Waals surface area (Å²) in [7, 11) is 0. The van der Waals surface area contributed by atoms with E-state index in [0.717, 1.165) is 23.1 Å². The smallest absolute Gasteiger partial charge is 0.0856 e. The number of hydrogen-bond donors (Lipinski definition) is 1. The Balaban J connectivity index is 1.65. The molecule has 168 valence electrons. The first-order chi connectivity index (χ1) is 15.7. The normalized spacial score (nSPS) is 14.9. The topological polar surface area (TPSA) is 38.7 Å². The number of aliphatic hydroxyl groups is 1. The summed E-state index contributed by atoms with van der Waals surface area (Å²) in [6.07, 6.45) is 1.89. The van der Waals surface area contributed by atoms with Crippen LogP contribution >= 0.6 is 0 Å². The van der Waals surface area contributed by atoms with Crippen molar-refractivity contribution in [3.8, 4) is 0 Å². The molecule has 0 unspecified atom stereocenters. The first-order valence-corrected chi connectivity index (χ1v) is 11.3. The zero-order valence-corrected chi connectivity index (χ0v) is 18.8. The Bertz CT molecular complexity index is 895. The van der Waals surface area contributed by atoms with Gasteiger partial charge in [0.25, 0.3) is 0 Å². The second kappa shape index (κ2) is 13.0. The maximum absolute atomic E-state index is 11.0. The molecule has 3 aromatic rings. The number of aliphatic hydroxyl groups excluding tert-OH is 1. The van der Waals surface area contributed by atoms with Crippen LogP contribution in [0.2, 0.25) is 0 Å². The van der Waals surface area contributed by atoms with Crippen LogP contribution in [0.4, 0.5) is 0 Å². The molecule has 0 amide bonds. The van der Waals surface area contributed by atoms with Crippen LogP contribution in [0.1, 0.15) is 36.1 Å². The van der Waals surface area contributed by atoms with Gasteiger partial charge in [0.15, 0.2) is 0 Å². The van der Waals surface area contributed by atoms with Gasteiger partial charge < -0.3 is 14.6 Å². The molecular formula is C29H34O3. The van der Waals surface area contributed by atoms with E-state index in [1.165, 1.54) is 0 Å². The molecular weight excluding hydrogens is 396 g/mol. The minimum Gasteiger partial charge on any atom is -0.388 e. The predicted octanol–water partition coefficient (Wildman–Crippen LogP) is 6.35. The highest BCUT2D eigenvalue weighted by atomic mass is 16.5. The van der Waals surface area contributed by atoms with Crippen LogP contribution in [-0.2, 0) is 22.7 Å². The molecule has 1 N–H and O–H groups in total. The van der Waals surface area contributed by atoms with E-state index in [-0.39, 0.29) is 17.9 Å². The Kier molecular flexibility index (Phi) is 9.70. The molecule has 0 radical (unpaired) electrons. The zero-order chi connectivity index (χ0) is 22.6. The Labute approximate surface area is 192 Å². The van der Waals surface area contributed by atoms with Crippen molar-refractivity contribution in [2.45, 2.75) is 38.8 Å². The number of ether oxygens (including phenoxy) is 2. The summed E-state index contributed by atoms with van der Waals surface area (Å²) in [6, 6.07) is 30.1. The van der Waals surface area contributed by atoms with Gasteiger partial charge in [-0.1, -0.05) is 104 Å². The standard InChI is InChI=1S/C29H34O3/c1-3-27(29(30)26-17-11-6-12-18-26)23(2)28(32-22-25-15-9-5-10-16-25)19-20-31-21-24-13-7-4-8-14-24/h3-18,23,27-30H,1,19-22H2,2H3/t23-,27-,28-,29-/m0/s1. The van der Waals surface area contributed by atoms with E-state index < -0.39 is 6.10 Å². The van der Waals surface area contributed by atoms with E-state index in [0.29, 0.717) is 19.8 Å².